The smallest absolute Gasteiger partial charge is 0.284 e. The van der Waals surface area contributed by atoms with Crippen molar-refractivity contribution in [3.63, 3.8) is 0 Å². The highest BCUT2D eigenvalue weighted by Gasteiger charge is 2.01. The minimum atomic E-state index is -0.605. The number of nitrogens with two attached hydrogens (primary N) is 2. The molecule has 0 saturated heterocycles. The average Bonchev–Trinajstić information content (AvgIpc) is 2.14. The number of rotatable bonds is 1. The molecule has 5 nitrogen and oxygen atoms in total. The molecule has 1 rings (SSSR count). The zero-order valence-corrected chi connectivity index (χ0v) is 4.59. The number of nitrogens with zero attached hydrogens (tertiary/aromatic N) is 1. The molecule has 1 heterocycles. The number of hydrogen-bond donors (Lipinski definition) is 3. The van der Waals surface area contributed by atoms with Gasteiger partial charge in [-0.3, -0.25) is 4.79 Å². The van der Waals surface area contributed by atoms with Crippen molar-refractivity contribution in [1.82, 2.24) is 9.97 Å². The molecule has 1 aromatic heterocycles. The van der Waals surface area contributed by atoms with E-state index >= 15 is 0 Å². The number of nitrogen functional groups attached to an aromatic ring is 1. The normalized spacial score (nSPS) is 9.33. The van der Waals surface area contributed by atoms with Crippen molar-refractivity contribution in [3.8, 4) is 0 Å². The van der Waals surface area contributed by atoms with Crippen LogP contribution in [0.3, 0.4) is 0 Å². The van der Waals surface area contributed by atoms with Crippen LogP contribution >= 0.6 is 0 Å². The number of carbonyl (C=O) groups is 1. The summed E-state index contributed by atoms with van der Waals surface area (Å²) in [5.41, 5.74) is 10.0. The van der Waals surface area contributed by atoms with Crippen LogP contribution in [0.15, 0.2) is 6.20 Å². The van der Waals surface area contributed by atoms with Crippen molar-refractivity contribution in [3.05, 3.63) is 12.0 Å². The van der Waals surface area contributed by atoms with E-state index in [1.165, 1.54) is 6.20 Å². The Morgan fingerprint density at radius 1 is 1.78 bits per heavy atom. The first-order chi connectivity index (χ1) is 4.20. The Kier molecular flexibility index (Phi) is 1.11. The van der Waals surface area contributed by atoms with Gasteiger partial charge in [0, 0.05) is 6.20 Å². The number of amides is 1. The summed E-state index contributed by atoms with van der Waals surface area (Å²) in [5.74, 6) is -0.247. The standard InChI is InChI=1S/C4H6N4O/c5-2-1-7-4(8-2)3(6)9/h1H,5H2,(H2,6,9)(H,7,8). The van der Waals surface area contributed by atoms with E-state index in [1.807, 2.05) is 0 Å². The Morgan fingerprint density at radius 3 is 2.67 bits per heavy atom. The van der Waals surface area contributed by atoms with Crippen LogP contribution in [0, 0.1) is 0 Å². The molecule has 0 unspecified atom stereocenters. The van der Waals surface area contributed by atoms with Crippen molar-refractivity contribution in [2.75, 3.05) is 5.73 Å². The molecule has 0 aliphatic heterocycles. The quantitative estimate of drug-likeness (QED) is 0.454. The van der Waals surface area contributed by atoms with Crippen LogP contribution in [-0.2, 0) is 0 Å². The molecule has 5 N–H and O–H groups in total. The van der Waals surface area contributed by atoms with E-state index in [0.29, 0.717) is 0 Å². The van der Waals surface area contributed by atoms with Gasteiger partial charge in [0.2, 0.25) is 0 Å². The molecule has 0 aromatic carbocycles. The average molecular weight is 126 g/mol. The predicted octanol–water partition coefficient (Wildman–Crippen LogP) is -0.909. The molecule has 0 radical (unpaired) electrons. The third-order valence-corrected chi connectivity index (χ3v) is 0.831. The van der Waals surface area contributed by atoms with Gasteiger partial charge in [-0.25, -0.2) is 4.98 Å². The third kappa shape index (κ3) is 0.987. The van der Waals surface area contributed by atoms with Crippen molar-refractivity contribution in [2.45, 2.75) is 0 Å². The maximum absolute atomic E-state index is 10.3. The number of aromatic nitrogens is 2. The number of hydrogen-bond acceptors (Lipinski definition) is 3. The first kappa shape index (κ1) is 5.61. The van der Waals surface area contributed by atoms with E-state index < -0.39 is 5.91 Å². The lowest BCUT2D eigenvalue weighted by molar-refractivity contribution is 0.0991. The molecule has 0 bridgehead atoms. The zero-order chi connectivity index (χ0) is 6.85. The van der Waals surface area contributed by atoms with Crippen LogP contribution in [0.1, 0.15) is 10.6 Å². The van der Waals surface area contributed by atoms with Gasteiger partial charge in [0.1, 0.15) is 5.82 Å². The van der Waals surface area contributed by atoms with Gasteiger partial charge in [0.25, 0.3) is 5.91 Å². The molecule has 9 heavy (non-hydrogen) atoms. The molecule has 0 aliphatic carbocycles. The highest BCUT2D eigenvalue weighted by molar-refractivity contribution is 5.89. The van der Waals surface area contributed by atoms with Gasteiger partial charge in [-0.2, -0.15) is 0 Å². The van der Waals surface area contributed by atoms with Gasteiger partial charge in [-0.1, -0.05) is 0 Å². The SMILES string of the molecule is NC(=O)c1nc(N)c[nH]1. The Hall–Kier alpha value is -1.52. The maximum atomic E-state index is 10.3. The topological polar surface area (TPSA) is 97.8 Å². The first-order valence-electron chi connectivity index (χ1n) is 2.31. The number of nitrogens with one attached hydrogen (secondary N) is 1. The lowest BCUT2D eigenvalue weighted by atomic mass is 10.6. The molecule has 0 spiro atoms. The molecule has 1 amide bonds. The summed E-state index contributed by atoms with van der Waals surface area (Å²) < 4.78 is 0. The summed E-state index contributed by atoms with van der Waals surface area (Å²) in [4.78, 5) is 16.3. The molecule has 0 saturated carbocycles. The Labute approximate surface area is 51.1 Å². The summed E-state index contributed by atoms with van der Waals surface area (Å²) in [6, 6.07) is 0. The monoisotopic (exact) mass is 126 g/mol. The van der Waals surface area contributed by atoms with Crippen LogP contribution in [0.4, 0.5) is 5.82 Å². The van der Waals surface area contributed by atoms with Crippen molar-refractivity contribution in [2.24, 2.45) is 5.73 Å². The fraction of sp³-hybridized carbons (Fsp3) is 0. The molecule has 48 valence electrons. The Bertz CT molecular complexity index is 228. The highest BCUT2D eigenvalue weighted by atomic mass is 16.1. The lowest BCUT2D eigenvalue weighted by Crippen LogP contribution is -2.12. The number of imidazole rings is 1. The molecular formula is C4H6N4O. The first-order valence-corrected chi connectivity index (χ1v) is 2.31. The Morgan fingerprint density at radius 2 is 2.44 bits per heavy atom. The molecule has 0 aliphatic rings. The molecule has 1 aromatic rings. The summed E-state index contributed by atoms with van der Waals surface area (Å²) in [6.07, 6.45) is 1.40. The van der Waals surface area contributed by atoms with Crippen LogP contribution < -0.4 is 11.5 Å². The predicted molar refractivity (Wildman–Crippen MR) is 31.5 cm³/mol. The summed E-state index contributed by atoms with van der Waals surface area (Å²) in [7, 11) is 0. The van der Waals surface area contributed by atoms with Gasteiger partial charge < -0.3 is 16.5 Å². The number of H-pyrrole nitrogens is 1. The van der Waals surface area contributed by atoms with E-state index in [9.17, 15) is 4.79 Å². The second-order valence-electron chi connectivity index (χ2n) is 1.54. The van der Waals surface area contributed by atoms with E-state index in [2.05, 4.69) is 9.97 Å². The second kappa shape index (κ2) is 1.77. The minimum absolute atomic E-state index is 0.0903. The number of carbonyl (C=O) groups excluding carboxylic acids is 1. The largest absolute Gasteiger partial charge is 0.382 e. The summed E-state index contributed by atoms with van der Waals surface area (Å²) in [5, 5.41) is 0. The fourth-order valence-electron chi connectivity index (χ4n) is 0.462. The number of aromatic amines is 1. The van der Waals surface area contributed by atoms with Gasteiger partial charge >= 0.3 is 0 Å². The van der Waals surface area contributed by atoms with E-state index in [0.717, 1.165) is 0 Å². The van der Waals surface area contributed by atoms with Crippen molar-refractivity contribution >= 4 is 11.7 Å². The van der Waals surface area contributed by atoms with E-state index in [4.69, 9.17) is 11.5 Å². The van der Waals surface area contributed by atoms with Crippen LogP contribution in [0.2, 0.25) is 0 Å². The number of primary amides is 1. The lowest BCUT2D eigenvalue weighted by Gasteiger charge is -1.81. The van der Waals surface area contributed by atoms with Gasteiger partial charge in [-0.05, 0) is 0 Å². The summed E-state index contributed by atoms with van der Waals surface area (Å²) in [6.45, 7) is 0. The van der Waals surface area contributed by atoms with Crippen molar-refractivity contribution in [1.29, 1.82) is 0 Å². The zero-order valence-electron chi connectivity index (χ0n) is 4.59. The third-order valence-electron chi connectivity index (χ3n) is 0.831. The van der Waals surface area contributed by atoms with E-state index in [1.54, 1.807) is 0 Å². The highest BCUT2D eigenvalue weighted by Crippen LogP contribution is 1.94. The van der Waals surface area contributed by atoms with Crippen LogP contribution in [-0.4, -0.2) is 15.9 Å². The Balaban J connectivity index is 2.98. The molecule has 5 heteroatoms. The minimum Gasteiger partial charge on any atom is -0.382 e. The van der Waals surface area contributed by atoms with Gasteiger partial charge in [-0.15, -0.1) is 0 Å². The van der Waals surface area contributed by atoms with Gasteiger partial charge in [0.05, 0.1) is 0 Å². The molecular weight excluding hydrogens is 120 g/mol. The maximum Gasteiger partial charge on any atom is 0.284 e. The fourth-order valence-corrected chi connectivity index (χ4v) is 0.462. The van der Waals surface area contributed by atoms with Gasteiger partial charge in [0.15, 0.2) is 5.82 Å². The molecule has 0 fully saturated rings. The summed E-state index contributed by atoms with van der Waals surface area (Å²) >= 11 is 0. The number of anilines is 1. The van der Waals surface area contributed by atoms with E-state index in [-0.39, 0.29) is 11.6 Å². The molecule has 0 atom stereocenters. The second-order valence-corrected chi connectivity index (χ2v) is 1.54. The van der Waals surface area contributed by atoms with Crippen LogP contribution in [0.5, 0.6) is 0 Å². The van der Waals surface area contributed by atoms with Crippen LogP contribution in [0.25, 0.3) is 0 Å². The van der Waals surface area contributed by atoms with Crippen molar-refractivity contribution < 1.29 is 4.79 Å².